The van der Waals surface area contributed by atoms with Crippen molar-refractivity contribution in [3.8, 4) is 5.75 Å². The number of anilines is 1. The molecule has 8 heteroatoms. The number of carbonyl (C=O) groups excluding carboxylic acids is 3. The smallest absolute Gasteiger partial charge is 0.409 e. The summed E-state index contributed by atoms with van der Waals surface area (Å²) in [6.45, 7) is 3.34. The lowest BCUT2D eigenvalue weighted by Crippen LogP contribution is -2.53. The van der Waals surface area contributed by atoms with Gasteiger partial charge in [-0.2, -0.15) is 0 Å². The lowest BCUT2D eigenvalue weighted by Gasteiger charge is -2.33. The van der Waals surface area contributed by atoms with E-state index in [4.69, 9.17) is 9.47 Å². The Morgan fingerprint density at radius 1 is 1.04 bits per heavy atom. The first-order valence-corrected chi connectivity index (χ1v) is 7.71. The number of nitrogens with zero attached hydrogens (tertiary/aromatic N) is 2. The van der Waals surface area contributed by atoms with Crippen LogP contribution in [0.25, 0.3) is 0 Å². The molecule has 1 aliphatic rings. The Bertz CT molecular complexity index is 594. The largest absolute Gasteiger partial charge is 0.497 e. The van der Waals surface area contributed by atoms with E-state index < -0.39 is 17.9 Å². The van der Waals surface area contributed by atoms with Crippen LogP contribution >= 0.6 is 0 Å². The molecular formula is C16H21N3O5. The molecule has 1 aliphatic heterocycles. The zero-order valence-electron chi connectivity index (χ0n) is 13.8. The Balaban J connectivity index is 1.85. The van der Waals surface area contributed by atoms with Crippen LogP contribution in [0.3, 0.4) is 0 Å². The Hall–Kier alpha value is -2.77. The van der Waals surface area contributed by atoms with Crippen LogP contribution < -0.4 is 10.1 Å². The molecule has 1 fully saturated rings. The van der Waals surface area contributed by atoms with Gasteiger partial charge in [0.1, 0.15) is 5.75 Å². The average Bonchev–Trinajstić information content (AvgIpc) is 2.62. The first-order valence-electron chi connectivity index (χ1n) is 7.71. The van der Waals surface area contributed by atoms with E-state index in [1.54, 1.807) is 38.3 Å². The molecule has 2 rings (SSSR count). The first-order chi connectivity index (χ1) is 11.5. The summed E-state index contributed by atoms with van der Waals surface area (Å²) in [6.07, 6.45) is -0.396. The predicted molar refractivity (Wildman–Crippen MR) is 86.8 cm³/mol. The molecule has 1 N–H and O–H groups in total. The molecule has 0 spiro atoms. The van der Waals surface area contributed by atoms with Crippen LogP contribution in [-0.4, -0.2) is 67.6 Å². The molecule has 0 bridgehead atoms. The minimum Gasteiger partial charge on any atom is -0.497 e. The SMILES string of the molecule is CCOC(=O)N1CCN(C(=O)C(=O)Nc2ccc(OC)cc2)CC1. The fraction of sp³-hybridized carbons (Fsp3) is 0.438. The van der Waals surface area contributed by atoms with Crippen molar-refractivity contribution in [3.63, 3.8) is 0 Å². The highest BCUT2D eigenvalue weighted by molar-refractivity contribution is 6.39. The Morgan fingerprint density at radius 2 is 1.62 bits per heavy atom. The van der Waals surface area contributed by atoms with Gasteiger partial charge in [-0.25, -0.2) is 4.79 Å². The number of carbonyl (C=O) groups is 3. The van der Waals surface area contributed by atoms with Gasteiger partial charge >= 0.3 is 17.9 Å². The standard InChI is InChI=1S/C16H21N3O5/c1-3-24-16(22)19-10-8-18(9-11-19)15(21)14(20)17-12-4-6-13(23-2)7-5-12/h4-7H,3,8-11H2,1-2H3,(H,17,20). The molecule has 24 heavy (non-hydrogen) atoms. The van der Waals surface area contributed by atoms with Crippen molar-refractivity contribution in [3.05, 3.63) is 24.3 Å². The van der Waals surface area contributed by atoms with Crippen LogP contribution in [-0.2, 0) is 14.3 Å². The van der Waals surface area contributed by atoms with E-state index in [9.17, 15) is 14.4 Å². The summed E-state index contributed by atoms with van der Waals surface area (Å²) >= 11 is 0. The second kappa shape index (κ2) is 8.19. The molecule has 3 amide bonds. The third-order valence-electron chi connectivity index (χ3n) is 3.64. The van der Waals surface area contributed by atoms with Gasteiger partial charge in [0, 0.05) is 31.9 Å². The second-order valence-electron chi connectivity index (χ2n) is 5.16. The van der Waals surface area contributed by atoms with Crippen molar-refractivity contribution in [2.24, 2.45) is 0 Å². The fourth-order valence-electron chi connectivity index (χ4n) is 2.31. The molecular weight excluding hydrogens is 314 g/mol. The maximum Gasteiger partial charge on any atom is 0.409 e. The number of amides is 3. The van der Waals surface area contributed by atoms with E-state index in [-0.39, 0.29) is 0 Å². The van der Waals surface area contributed by atoms with E-state index in [2.05, 4.69) is 5.32 Å². The van der Waals surface area contributed by atoms with Crippen LogP contribution in [0, 0.1) is 0 Å². The Labute approximate surface area is 140 Å². The summed E-state index contributed by atoms with van der Waals surface area (Å²) in [4.78, 5) is 38.8. The highest BCUT2D eigenvalue weighted by atomic mass is 16.6. The lowest BCUT2D eigenvalue weighted by atomic mass is 10.3. The molecule has 130 valence electrons. The van der Waals surface area contributed by atoms with Gasteiger partial charge in [-0.05, 0) is 31.2 Å². The van der Waals surface area contributed by atoms with Gasteiger partial charge in [-0.3, -0.25) is 9.59 Å². The van der Waals surface area contributed by atoms with Gasteiger partial charge in [0.2, 0.25) is 0 Å². The highest BCUT2D eigenvalue weighted by Gasteiger charge is 2.28. The molecule has 1 aromatic carbocycles. The first kappa shape index (κ1) is 17.6. The van der Waals surface area contributed by atoms with E-state index in [0.29, 0.717) is 44.2 Å². The van der Waals surface area contributed by atoms with Crippen LogP contribution in [0.4, 0.5) is 10.5 Å². The van der Waals surface area contributed by atoms with Crippen LogP contribution in [0.1, 0.15) is 6.92 Å². The number of hydrogen-bond acceptors (Lipinski definition) is 5. The number of nitrogens with one attached hydrogen (secondary N) is 1. The molecule has 1 saturated heterocycles. The third-order valence-corrected chi connectivity index (χ3v) is 3.64. The van der Waals surface area contributed by atoms with Crippen molar-refractivity contribution in [1.29, 1.82) is 0 Å². The summed E-state index contributed by atoms with van der Waals surface area (Å²) in [6, 6.07) is 6.70. The zero-order chi connectivity index (χ0) is 17.5. The third kappa shape index (κ3) is 4.37. The molecule has 0 saturated carbocycles. The normalized spacial score (nSPS) is 14.1. The van der Waals surface area contributed by atoms with E-state index in [1.165, 1.54) is 9.80 Å². The minimum absolute atomic E-state index is 0.299. The molecule has 1 heterocycles. The number of benzene rings is 1. The summed E-state index contributed by atoms with van der Waals surface area (Å²) in [5.41, 5.74) is 0.513. The molecule has 0 aliphatic carbocycles. The van der Waals surface area contributed by atoms with Crippen molar-refractivity contribution in [1.82, 2.24) is 9.80 Å². The molecule has 0 radical (unpaired) electrons. The molecule has 1 aromatic rings. The average molecular weight is 335 g/mol. The highest BCUT2D eigenvalue weighted by Crippen LogP contribution is 2.15. The maximum absolute atomic E-state index is 12.2. The number of rotatable bonds is 3. The summed E-state index contributed by atoms with van der Waals surface area (Å²) < 4.78 is 9.95. The molecule has 0 unspecified atom stereocenters. The van der Waals surface area contributed by atoms with Crippen molar-refractivity contribution in [2.75, 3.05) is 45.2 Å². The van der Waals surface area contributed by atoms with Gasteiger partial charge in [0.25, 0.3) is 0 Å². The van der Waals surface area contributed by atoms with E-state index >= 15 is 0 Å². The number of methoxy groups -OCH3 is 1. The van der Waals surface area contributed by atoms with E-state index in [1.807, 2.05) is 0 Å². The van der Waals surface area contributed by atoms with Gasteiger partial charge in [-0.15, -0.1) is 0 Å². The number of hydrogen-bond donors (Lipinski definition) is 1. The van der Waals surface area contributed by atoms with Gasteiger partial charge in [-0.1, -0.05) is 0 Å². The zero-order valence-corrected chi connectivity index (χ0v) is 13.8. The second-order valence-corrected chi connectivity index (χ2v) is 5.16. The summed E-state index contributed by atoms with van der Waals surface area (Å²) in [5, 5.41) is 2.55. The van der Waals surface area contributed by atoms with Gasteiger partial charge in [0.15, 0.2) is 0 Å². The molecule has 8 nitrogen and oxygen atoms in total. The maximum atomic E-state index is 12.2. The summed E-state index contributed by atoms with van der Waals surface area (Å²) in [7, 11) is 1.55. The van der Waals surface area contributed by atoms with Crippen molar-refractivity contribution in [2.45, 2.75) is 6.92 Å². The van der Waals surface area contributed by atoms with E-state index in [0.717, 1.165) is 0 Å². The monoisotopic (exact) mass is 335 g/mol. The van der Waals surface area contributed by atoms with Crippen molar-refractivity contribution >= 4 is 23.6 Å². The number of ether oxygens (including phenoxy) is 2. The fourth-order valence-corrected chi connectivity index (χ4v) is 2.31. The van der Waals surface area contributed by atoms with Crippen molar-refractivity contribution < 1.29 is 23.9 Å². The van der Waals surface area contributed by atoms with Crippen LogP contribution in [0.5, 0.6) is 5.75 Å². The van der Waals surface area contributed by atoms with Crippen LogP contribution in [0.15, 0.2) is 24.3 Å². The number of piperazine rings is 1. The lowest BCUT2D eigenvalue weighted by molar-refractivity contribution is -0.144. The molecule has 0 aromatic heterocycles. The minimum atomic E-state index is -0.704. The Kier molecular flexibility index (Phi) is 6.00. The van der Waals surface area contributed by atoms with Gasteiger partial charge < -0.3 is 24.6 Å². The Morgan fingerprint density at radius 3 is 2.17 bits per heavy atom. The molecule has 0 atom stereocenters. The predicted octanol–water partition coefficient (Wildman–Crippen LogP) is 0.934. The summed E-state index contributed by atoms with van der Waals surface area (Å²) in [5.74, 6) is -0.659. The van der Waals surface area contributed by atoms with Crippen LogP contribution in [0.2, 0.25) is 0 Å². The quantitative estimate of drug-likeness (QED) is 0.831. The topological polar surface area (TPSA) is 88.2 Å². The van der Waals surface area contributed by atoms with Gasteiger partial charge in [0.05, 0.1) is 13.7 Å².